The standard InChI is InChI=1S/C12H16F3N3O/c1-2-16-9-5-8(12(13,14)15)6-10(17-9)18-11(7-19)3-4-11/h5-6,19H,2-4,7H2,1H3,(H2,16,17,18). The van der Waals surface area contributed by atoms with E-state index in [0.29, 0.717) is 6.54 Å². The molecule has 1 aliphatic rings. The van der Waals surface area contributed by atoms with Crippen LogP contribution in [0.4, 0.5) is 24.8 Å². The number of aliphatic hydroxyl groups is 1. The third-order valence-corrected chi connectivity index (χ3v) is 3.06. The van der Waals surface area contributed by atoms with Gasteiger partial charge in [-0.3, -0.25) is 0 Å². The predicted octanol–water partition coefficient (Wildman–Crippen LogP) is 2.47. The molecule has 0 bridgehead atoms. The van der Waals surface area contributed by atoms with Gasteiger partial charge in [-0.05, 0) is 31.9 Å². The molecule has 4 nitrogen and oxygen atoms in total. The van der Waals surface area contributed by atoms with Crippen LogP contribution in [0.25, 0.3) is 0 Å². The average Bonchev–Trinajstić information content (AvgIpc) is 3.08. The molecular formula is C12H16F3N3O. The van der Waals surface area contributed by atoms with Crippen LogP contribution in [0.2, 0.25) is 0 Å². The zero-order chi connectivity index (χ0) is 14.1. The van der Waals surface area contributed by atoms with E-state index in [4.69, 9.17) is 0 Å². The Morgan fingerprint density at radius 1 is 1.32 bits per heavy atom. The molecule has 1 fully saturated rings. The number of alkyl halides is 3. The molecule has 0 amide bonds. The first-order chi connectivity index (χ1) is 8.88. The van der Waals surface area contributed by atoms with Gasteiger partial charge < -0.3 is 15.7 Å². The van der Waals surface area contributed by atoms with Crippen molar-refractivity contribution in [1.82, 2.24) is 4.98 Å². The van der Waals surface area contributed by atoms with Crippen molar-refractivity contribution < 1.29 is 18.3 Å². The van der Waals surface area contributed by atoms with Gasteiger partial charge in [-0.25, -0.2) is 4.98 Å². The lowest BCUT2D eigenvalue weighted by atomic mass is 10.2. The molecule has 1 saturated carbocycles. The number of hydrogen-bond acceptors (Lipinski definition) is 4. The second-order valence-electron chi connectivity index (χ2n) is 4.72. The van der Waals surface area contributed by atoms with Crippen LogP contribution >= 0.6 is 0 Å². The van der Waals surface area contributed by atoms with E-state index in [0.717, 1.165) is 25.0 Å². The summed E-state index contributed by atoms with van der Waals surface area (Å²) in [6.45, 7) is 2.16. The molecule has 7 heteroatoms. The van der Waals surface area contributed by atoms with Gasteiger partial charge in [0.15, 0.2) is 0 Å². The third kappa shape index (κ3) is 3.28. The first-order valence-electron chi connectivity index (χ1n) is 6.11. The monoisotopic (exact) mass is 275 g/mol. The molecule has 1 aromatic heterocycles. The largest absolute Gasteiger partial charge is 0.416 e. The molecule has 1 heterocycles. The molecule has 1 aromatic rings. The van der Waals surface area contributed by atoms with Crippen LogP contribution in [0.15, 0.2) is 12.1 Å². The van der Waals surface area contributed by atoms with Crippen molar-refractivity contribution >= 4 is 11.6 Å². The lowest BCUT2D eigenvalue weighted by Crippen LogP contribution is -2.26. The van der Waals surface area contributed by atoms with Gasteiger partial charge in [0.1, 0.15) is 11.6 Å². The highest BCUT2D eigenvalue weighted by Gasteiger charge is 2.42. The number of pyridine rings is 1. The van der Waals surface area contributed by atoms with E-state index in [-0.39, 0.29) is 18.2 Å². The van der Waals surface area contributed by atoms with E-state index in [1.54, 1.807) is 6.92 Å². The normalized spacial score (nSPS) is 17.1. The summed E-state index contributed by atoms with van der Waals surface area (Å²) in [5, 5.41) is 14.9. The quantitative estimate of drug-likeness (QED) is 0.772. The van der Waals surface area contributed by atoms with Crippen LogP contribution in [-0.2, 0) is 6.18 Å². The van der Waals surface area contributed by atoms with Crippen molar-refractivity contribution in [2.45, 2.75) is 31.5 Å². The Hall–Kier alpha value is -1.50. The van der Waals surface area contributed by atoms with Gasteiger partial charge in [-0.15, -0.1) is 0 Å². The molecule has 2 rings (SSSR count). The molecule has 0 saturated heterocycles. The molecule has 1 aliphatic carbocycles. The minimum absolute atomic E-state index is 0.110. The maximum absolute atomic E-state index is 12.8. The van der Waals surface area contributed by atoms with Crippen LogP contribution in [0.5, 0.6) is 0 Å². The summed E-state index contributed by atoms with van der Waals surface area (Å²) in [5.41, 5.74) is -1.25. The average molecular weight is 275 g/mol. The number of aromatic nitrogens is 1. The van der Waals surface area contributed by atoms with Crippen LogP contribution in [0, 0.1) is 0 Å². The Kier molecular flexibility index (Phi) is 3.58. The van der Waals surface area contributed by atoms with Crippen LogP contribution in [0.1, 0.15) is 25.3 Å². The number of anilines is 2. The van der Waals surface area contributed by atoms with Gasteiger partial charge in [0.05, 0.1) is 17.7 Å². The van der Waals surface area contributed by atoms with Crippen molar-refractivity contribution in [3.8, 4) is 0 Å². The van der Waals surface area contributed by atoms with E-state index in [2.05, 4.69) is 15.6 Å². The van der Waals surface area contributed by atoms with Crippen LogP contribution in [-0.4, -0.2) is 28.8 Å². The Morgan fingerprint density at radius 3 is 2.42 bits per heavy atom. The fraction of sp³-hybridized carbons (Fsp3) is 0.583. The molecule has 0 spiro atoms. The van der Waals surface area contributed by atoms with Gasteiger partial charge in [-0.1, -0.05) is 0 Å². The number of nitrogens with zero attached hydrogens (tertiary/aromatic N) is 1. The van der Waals surface area contributed by atoms with E-state index < -0.39 is 17.3 Å². The predicted molar refractivity (Wildman–Crippen MR) is 66.1 cm³/mol. The highest BCUT2D eigenvalue weighted by atomic mass is 19.4. The summed E-state index contributed by atoms with van der Waals surface area (Å²) in [5.74, 6) is 0.311. The first-order valence-corrected chi connectivity index (χ1v) is 6.11. The summed E-state index contributed by atoms with van der Waals surface area (Å²) in [6, 6.07) is 1.95. The van der Waals surface area contributed by atoms with Crippen molar-refractivity contribution in [2.24, 2.45) is 0 Å². The van der Waals surface area contributed by atoms with Gasteiger partial charge in [-0.2, -0.15) is 13.2 Å². The molecule has 3 N–H and O–H groups in total. The maximum atomic E-state index is 12.8. The van der Waals surface area contributed by atoms with E-state index in [9.17, 15) is 18.3 Å². The minimum atomic E-state index is -4.42. The second-order valence-corrected chi connectivity index (χ2v) is 4.72. The number of nitrogens with one attached hydrogen (secondary N) is 2. The van der Waals surface area contributed by atoms with Gasteiger partial charge in [0.25, 0.3) is 0 Å². The molecule has 106 valence electrons. The molecule has 0 unspecified atom stereocenters. The smallest absolute Gasteiger partial charge is 0.394 e. The Morgan fingerprint density at radius 2 is 1.95 bits per heavy atom. The lowest BCUT2D eigenvalue weighted by Gasteiger charge is -2.18. The Balaban J connectivity index is 2.29. The van der Waals surface area contributed by atoms with Gasteiger partial charge >= 0.3 is 6.18 Å². The Labute approximate surface area is 109 Å². The molecule has 0 radical (unpaired) electrons. The summed E-state index contributed by atoms with van der Waals surface area (Å²) in [4.78, 5) is 4.08. The topological polar surface area (TPSA) is 57.2 Å². The number of hydrogen-bond donors (Lipinski definition) is 3. The van der Waals surface area contributed by atoms with Crippen molar-refractivity contribution in [3.63, 3.8) is 0 Å². The SMILES string of the molecule is CCNc1cc(C(F)(F)F)cc(NC2(CO)CC2)n1. The van der Waals surface area contributed by atoms with Gasteiger partial charge in [0, 0.05) is 6.54 Å². The summed E-state index contributed by atoms with van der Waals surface area (Å²) in [7, 11) is 0. The zero-order valence-corrected chi connectivity index (χ0v) is 10.5. The highest BCUT2D eigenvalue weighted by Crippen LogP contribution is 2.39. The fourth-order valence-corrected chi connectivity index (χ4v) is 1.78. The zero-order valence-electron chi connectivity index (χ0n) is 10.5. The second kappa shape index (κ2) is 4.88. The molecule has 0 aromatic carbocycles. The van der Waals surface area contributed by atoms with Crippen molar-refractivity contribution in [2.75, 3.05) is 23.8 Å². The van der Waals surface area contributed by atoms with Crippen molar-refractivity contribution in [1.29, 1.82) is 0 Å². The van der Waals surface area contributed by atoms with E-state index >= 15 is 0 Å². The van der Waals surface area contributed by atoms with Crippen molar-refractivity contribution in [3.05, 3.63) is 17.7 Å². The maximum Gasteiger partial charge on any atom is 0.416 e. The molecule has 0 aliphatic heterocycles. The third-order valence-electron chi connectivity index (χ3n) is 3.06. The fourth-order valence-electron chi connectivity index (χ4n) is 1.78. The Bertz CT molecular complexity index is 458. The van der Waals surface area contributed by atoms with E-state index in [1.165, 1.54) is 0 Å². The van der Waals surface area contributed by atoms with Crippen LogP contribution < -0.4 is 10.6 Å². The molecule has 0 atom stereocenters. The number of rotatable bonds is 5. The number of halogens is 3. The van der Waals surface area contributed by atoms with Crippen LogP contribution in [0.3, 0.4) is 0 Å². The summed E-state index contributed by atoms with van der Waals surface area (Å²) in [6.07, 6.45) is -2.95. The molecule has 19 heavy (non-hydrogen) atoms. The van der Waals surface area contributed by atoms with Gasteiger partial charge in [0.2, 0.25) is 0 Å². The van der Waals surface area contributed by atoms with E-state index in [1.807, 2.05) is 0 Å². The number of aliphatic hydroxyl groups excluding tert-OH is 1. The first kappa shape index (κ1) is 13.9. The lowest BCUT2D eigenvalue weighted by molar-refractivity contribution is -0.137. The minimum Gasteiger partial charge on any atom is -0.394 e. The highest BCUT2D eigenvalue weighted by molar-refractivity contribution is 5.51. The summed E-state index contributed by atoms with van der Waals surface area (Å²) >= 11 is 0. The summed E-state index contributed by atoms with van der Waals surface area (Å²) < 4.78 is 38.4. The molecular weight excluding hydrogens is 259 g/mol.